The Morgan fingerprint density at radius 1 is 1.53 bits per heavy atom. The number of ether oxygens (including phenoxy) is 2. The minimum Gasteiger partial charge on any atom is -0.478 e. The van der Waals surface area contributed by atoms with Gasteiger partial charge in [-0.1, -0.05) is 0 Å². The molecule has 0 saturated heterocycles. The number of alkyl halides is 3. The number of carbonyl (C=O) groups is 1. The Bertz CT molecular complexity index is 421. The van der Waals surface area contributed by atoms with Gasteiger partial charge in [0.2, 0.25) is 5.75 Å². The van der Waals surface area contributed by atoms with Crippen molar-refractivity contribution in [3.8, 4) is 11.6 Å². The van der Waals surface area contributed by atoms with Gasteiger partial charge < -0.3 is 15.2 Å². The van der Waals surface area contributed by atoms with Crippen molar-refractivity contribution in [2.75, 3.05) is 7.11 Å². The molecule has 0 aromatic carbocycles. The zero-order valence-corrected chi connectivity index (χ0v) is 8.75. The third-order valence-corrected chi connectivity index (χ3v) is 1.87. The molecule has 1 aromatic heterocycles. The number of carbonyl (C=O) groups excluding carboxylic acids is 1. The second-order valence-corrected chi connectivity index (χ2v) is 2.91. The van der Waals surface area contributed by atoms with Gasteiger partial charge in [0.25, 0.3) is 5.88 Å². The van der Waals surface area contributed by atoms with E-state index >= 15 is 0 Å². The fourth-order valence-corrected chi connectivity index (χ4v) is 1.18. The highest BCUT2D eigenvalue weighted by Crippen LogP contribution is 2.34. The number of hydrogen-bond acceptors (Lipinski definition) is 5. The van der Waals surface area contributed by atoms with Crippen LogP contribution in [0.5, 0.6) is 11.6 Å². The highest BCUT2D eigenvalue weighted by Gasteiger charge is 2.34. The van der Waals surface area contributed by atoms with E-state index in [1.54, 1.807) is 0 Å². The minimum atomic E-state index is -4.94. The summed E-state index contributed by atoms with van der Waals surface area (Å²) in [5.74, 6) is -1.21. The number of aldehydes is 1. The van der Waals surface area contributed by atoms with Crippen molar-refractivity contribution in [1.82, 2.24) is 4.98 Å². The smallest absolute Gasteiger partial charge is 0.478 e. The van der Waals surface area contributed by atoms with Crippen LogP contribution in [0.25, 0.3) is 0 Å². The number of nitrogens with zero attached hydrogens (tertiary/aromatic N) is 1. The molecule has 0 fully saturated rings. The van der Waals surface area contributed by atoms with Gasteiger partial charge in [-0.3, -0.25) is 4.79 Å². The molecule has 0 radical (unpaired) electrons. The number of methoxy groups -OCH3 is 1. The predicted molar refractivity (Wildman–Crippen MR) is 50.8 cm³/mol. The van der Waals surface area contributed by atoms with Crippen LogP contribution >= 0.6 is 0 Å². The molecule has 5 nitrogen and oxygen atoms in total. The van der Waals surface area contributed by atoms with Gasteiger partial charge >= 0.3 is 6.36 Å². The summed E-state index contributed by atoms with van der Waals surface area (Å²) in [4.78, 5) is 14.3. The SMILES string of the molecule is COc1ncc(CN)c(C=O)c1OC(F)(F)F. The summed E-state index contributed by atoms with van der Waals surface area (Å²) in [6, 6.07) is 0. The standard InChI is InChI=1S/C9H9F3N2O3/c1-16-8-7(17-9(10,11)12)6(4-15)5(2-13)3-14-8/h3-4H,2,13H2,1H3. The maximum Gasteiger partial charge on any atom is 0.573 e. The van der Waals surface area contributed by atoms with Gasteiger partial charge in [-0.15, -0.1) is 13.2 Å². The molecule has 1 rings (SSSR count). The number of rotatable bonds is 4. The zero-order valence-electron chi connectivity index (χ0n) is 8.75. The Morgan fingerprint density at radius 2 is 2.18 bits per heavy atom. The van der Waals surface area contributed by atoms with Crippen molar-refractivity contribution in [1.29, 1.82) is 0 Å². The third kappa shape index (κ3) is 3.06. The topological polar surface area (TPSA) is 74.4 Å². The van der Waals surface area contributed by atoms with Gasteiger partial charge in [-0.2, -0.15) is 0 Å². The van der Waals surface area contributed by atoms with Crippen LogP contribution in [0.3, 0.4) is 0 Å². The van der Waals surface area contributed by atoms with Gasteiger partial charge in [-0.05, 0) is 5.56 Å². The molecule has 1 aromatic rings. The molecule has 0 atom stereocenters. The summed E-state index contributed by atoms with van der Waals surface area (Å²) in [6.07, 6.45) is -3.57. The number of hydrogen-bond donors (Lipinski definition) is 1. The Kier molecular flexibility index (Phi) is 3.89. The Balaban J connectivity index is 3.35. The molecule has 0 amide bonds. The van der Waals surface area contributed by atoms with Gasteiger partial charge in [-0.25, -0.2) is 4.98 Å². The number of nitrogens with two attached hydrogens (primary N) is 1. The monoisotopic (exact) mass is 250 g/mol. The first-order valence-corrected chi connectivity index (χ1v) is 4.39. The largest absolute Gasteiger partial charge is 0.573 e. The van der Waals surface area contributed by atoms with E-state index in [1.165, 1.54) is 0 Å². The lowest BCUT2D eigenvalue weighted by Gasteiger charge is -2.15. The van der Waals surface area contributed by atoms with E-state index in [0.717, 1.165) is 13.3 Å². The molecule has 0 saturated carbocycles. The Morgan fingerprint density at radius 3 is 2.59 bits per heavy atom. The Hall–Kier alpha value is -1.83. The molecule has 8 heteroatoms. The Labute approximate surface area is 94.3 Å². The zero-order chi connectivity index (χ0) is 13.1. The van der Waals surface area contributed by atoms with E-state index in [1.807, 2.05) is 0 Å². The number of aromatic nitrogens is 1. The van der Waals surface area contributed by atoms with E-state index in [0.29, 0.717) is 0 Å². The summed E-state index contributed by atoms with van der Waals surface area (Å²) < 4.78 is 44.8. The first-order chi connectivity index (χ1) is 7.92. The van der Waals surface area contributed by atoms with Gasteiger partial charge in [0.05, 0.1) is 12.7 Å². The summed E-state index contributed by atoms with van der Waals surface area (Å²) in [7, 11) is 1.11. The van der Waals surface area contributed by atoms with Crippen LogP contribution in [-0.4, -0.2) is 24.7 Å². The van der Waals surface area contributed by atoms with Crippen LogP contribution in [0.2, 0.25) is 0 Å². The molecule has 0 spiro atoms. The highest BCUT2D eigenvalue weighted by atomic mass is 19.4. The van der Waals surface area contributed by atoms with Crippen LogP contribution in [0.4, 0.5) is 13.2 Å². The highest BCUT2D eigenvalue weighted by molar-refractivity contribution is 5.82. The molecule has 17 heavy (non-hydrogen) atoms. The third-order valence-electron chi connectivity index (χ3n) is 1.87. The normalized spacial score (nSPS) is 11.1. The van der Waals surface area contributed by atoms with Crippen molar-refractivity contribution < 1.29 is 27.4 Å². The average molecular weight is 250 g/mol. The molecular weight excluding hydrogens is 241 g/mol. The predicted octanol–water partition coefficient (Wildman–Crippen LogP) is 1.26. The molecule has 0 aliphatic carbocycles. The summed E-state index contributed by atoms with van der Waals surface area (Å²) in [5.41, 5.74) is 5.09. The van der Waals surface area contributed by atoms with Crippen LogP contribution in [0.1, 0.15) is 15.9 Å². The average Bonchev–Trinajstić information content (AvgIpc) is 2.26. The molecule has 0 bridgehead atoms. The van der Waals surface area contributed by atoms with E-state index < -0.39 is 18.0 Å². The van der Waals surface area contributed by atoms with Crippen LogP contribution in [0.15, 0.2) is 6.20 Å². The van der Waals surface area contributed by atoms with Crippen molar-refractivity contribution in [2.45, 2.75) is 12.9 Å². The maximum atomic E-state index is 12.2. The maximum absolute atomic E-state index is 12.2. The summed E-state index contributed by atoms with van der Waals surface area (Å²) in [5, 5.41) is 0. The van der Waals surface area contributed by atoms with E-state index in [-0.39, 0.29) is 24.0 Å². The van der Waals surface area contributed by atoms with Crippen LogP contribution in [0, 0.1) is 0 Å². The fraction of sp³-hybridized carbons (Fsp3) is 0.333. The molecular formula is C9H9F3N2O3. The molecule has 0 unspecified atom stereocenters. The van der Waals surface area contributed by atoms with Crippen molar-refractivity contribution in [3.05, 3.63) is 17.3 Å². The lowest BCUT2D eigenvalue weighted by atomic mass is 10.1. The minimum absolute atomic E-state index is 0.139. The summed E-state index contributed by atoms with van der Waals surface area (Å²) >= 11 is 0. The lowest BCUT2D eigenvalue weighted by Crippen LogP contribution is -2.20. The molecule has 1 heterocycles. The van der Waals surface area contributed by atoms with E-state index in [2.05, 4.69) is 14.5 Å². The van der Waals surface area contributed by atoms with Gasteiger partial charge in [0, 0.05) is 12.7 Å². The van der Waals surface area contributed by atoms with Crippen molar-refractivity contribution >= 4 is 6.29 Å². The molecule has 0 aliphatic heterocycles. The molecule has 94 valence electrons. The first-order valence-electron chi connectivity index (χ1n) is 4.39. The number of pyridine rings is 1. The fourth-order valence-electron chi connectivity index (χ4n) is 1.18. The van der Waals surface area contributed by atoms with Crippen molar-refractivity contribution in [2.24, 2.45) is 5.73 Å². The first kappa shape index (κ1) is 13.2. The summed E-state index contributed by atoms with van der Waals surface area (Å²) in [6.45, 7) is -0.140. The van der Waals surface area contributed by atoms with E-state index in [9.17, 15) is 18.0 Å². The van der Waals surface area contributed by atoms with Gasteiger partial charge in [0.1, 0.15) is 0 Å². The number of halogens is 3. The van der Waals surface area contributed by atoms with Crippen molar-refractivity contribution in [3.63, 3.8) is 0 Å². The van der Waals surface area contributed by atoms with Crippen LogP contribution in [-0.2, 0) is 6.54 Å². The molecule has 0 aliphatic rings. The van der Waals surface area contributed by atoms with E-state index in [4.69, 9.17) is 5.73 Å². The lowest BCUT2D eigenvalue weighted by molar-refractivity contribution is -0.275. The molecule has 2 N–H and O–H groups in total. The second-order valence-electron chi connectivity index (χ2n) is 2.91. The second kappa shape index (κ2) is 5.00. The van der Waals surface area contributed by atoms with Crippen LogP contribution < -0.4 is 15.2 Å². The van der Waals surface area contributed by atoms with Gasteiger partial charge in [0.15, 0.2) is 6.29 Å². The quantitative estimate of drug-likeness (QED) is 0.814.